The van der Waals surface area contributed by atoms with E-state index in [1.54, 1.807) is 0 Å². The average molecular weight is 222 g/mol. The topological polar surface area (TPSA) is 63.3 Å². The third-order valence-electron chi connectivity index (χ3n) is 1.48. The molecular formula is C6H11ClF3NO2. The highest BCUT2D eigenvalue weighted by atomic mass is 35.5. The number of aliphatic carboxylic acids is 1. The van der Waals surface area contributed by atoms with Crippen molar-refractivity contribution in [3.05, 3.63) is 0 Å². The Bertz CT molecular complexity index is 174. The van der Waals surface area contributed by atoms with Crippen molar-refractivity contribution >= 4 is 18.4 Å². The summed E-state index contributed by atoms with van der Waals surface area (Å²) >= 11 is 0. The van der Waals surface area contributed by atoms with E-state index in [1.165, 1.54) is 0 Å². The molecule has 80 valence electrons. The maximum absolute atomic E-state index is 11.8. The van der Waals surface area contributed by atoms with Gasteiger partial charge in [0.1, 0.15) is 6.04 Å². The van der Waals surface area contributed by atoms with Crippen molar-refractivity contribution in [2.75, 3.05) is 0 Å². The van der Waals surface area contributed by atoms with Gasteiger partial charge in [-0.25, -0.2) is 0 Å². The molecule has 0 aliphatic heterocycles. The summed E-state index contributed by atoms with van der Waals surface area (Å²) < 4.78 is 35.5. The first-order valence-electron chi connectivity index (χ1n) is 3.30. The van der Waals surface area contributed by atoms with E-state index >= 15 is 0 Å². The van der Waals surface area contributed by atoms with Gasteiger partial charge in [-0.1, -0.05) is 6.92 Å². The van der Waals surface area contributed by atoms with Crippen molar-refractivity contribution in [2.45, 2.75) is 25.6 Å². The van der Waals surface area contributed by atoms with Crippen LogP contribution < -0.4 is 5.73 Å². The molecule has 0 heterocycles. The number of carbonyl (C=O) groups is 1. The van der Waals surface area contributed by atoms with Crippen molar-refractivity contribution in [2.24, 2.45) is 11.7 Å². The largest absolute Gasteiger partial charge is 0.480 e. The second kappa shape index (κ2) is 5.29. The number of alkyl halides is 3. The summed E-state index contributed by atoms with van der Waals surface area (Å²) in [5.41, 5.74) is 4.91. The van der Waals surface area contributed by atoms with Gasteiger partial charge in [-0.3, -0.25) is 4.79 Å². The van der Waals surface area contributed by atoms with Gasteiger partial charge in [0, 0.05) is 0 Å². The summed E-state index contributed by atoms with van der Waals surface area (Å²) in [5.74, 6) is -3.09. The van der Waals surface area contributed by atoms with Gasteiger partial charge in [-0.15, -0.1) is 12.4 Å². The quantitative estimate of drug-likeness (QED) is 0.757. The average Bonchev–Trinajstić information content (AvgIpc) is 1.85. The Hall–Kier alpha value is -0.490. The molecule has 0 aromatic carbocycles. The predicted molar refractivity (Wildman–Crippen MR) is 42.7 cm³/mol. The van der Waals surface area contributed by atoms with Crippen LogP contribution >= 0.6 is 12.4 Å². The van der Waals surface area contributed by atoms with Crippen LogP contribution in [-0.4, -0.2) is 23.3 Å². The lowest BCUT2D eigenvalue weighted by atomic mass is 10.0. The molecule has 3 N–H and O–H groups in total. The number of nitrogens with two attached hydrogens (primary N) is 1. The number of halogens is 4. The molecule has 0 aliphatic carbocycles. The first-order chi connectivity index (χ1) is 5.25. The molecule has 7 heteroatoms. The van der Waals surface area contributed by atoms with Gasteiger partial charge in [0.05, 0.1) is 5.92 Å². The zero-order valence-corrected chi connectivity index (χ0v) is 7.65. The molecule has 2 atom stereocenters. The highest BCUT2D eigenvalue weighted by Gasteiger charge is 2.37. The molecule has 3 nitrogen and oxygen atoms in total. The summed E-state index contributed by atoms with van der Waals surface area (Å²) in [6, 6.07) is -1.44. The van der Waals surface area contributed by atoms with Gasteiger partial charge in [0.15, 0.2) is 0 Å². The first-order valence-corrected chi connectivity index (χ1v) is 3.30. The molecule has 0 aromatic rings. The molecule has 0 radical (unpaired) electrons. The lowest BCUT2D eigenvalue weighted by Crippen LogP contribution is -2.35. The molecule has 0 rings (SSSR count). The van der Waals surface area contributed by atoms with Crippen LogP contribution in [0.15, 0.2) is 0 Å². The molecule has 0 spiro atoms. The Morgan fingerprint density at radius 1 is 1.54 bits per heavy atom. The Kier molecular flexibility index (Phi) is 6.10. The monoisotopic (exact) mass is 221 g/mol. The van der Waals surface area contributed by atoms with Crippen molar-refractivity contribution in [1.29, 1.82) is 0 Å². The van der Waals surface area contributed by atoms with Crippen LogP contribution in [0.3, 0.4) is 0 Å². The highest BCUT2D eigenvalue weighted by molar-refractivity contribution is 5.85. The zero-order valence-electron chi connectivity index (χ0n) is 6.84. The third-order valence-corrected chi connectivity index (χ3v) is 1.48. The van der Waals surface area contributed by atoms with E-state index in [1.807, 2.05) is 0 Å². The van der Waals surface area contributed by atoms with Gasteiger partial charge >= 0.3 is 12.1 Å². The fourth-order valence-electron chi connectivity index (χ4n) is 0.615. The van der Waals surface area contributed by atoms with E-state index in [2.05, 4.69) is 0 Å². The SMILES string of the molecule is C[C@H](C[C@H](N)C(=O)O)C(F)(F)F.Cl. The fraction of sp³-hybridized carbons (Fsp3) is 0.833. The van der Waals surface area contributed by atoms with E-state index in [0.717, 1.165) is 6.92 Å². The number of rotatable bonds is 3. The van der Waals surface area contributed by atoms with Crippen LogP contribution in [0.2, 0.25) is 0 Å². The smallest absolute Gasteiger partial charge is 0.391 e. The van der Waals surface area contributed by atoms with Gasteiger partial charge in [-0.2, -0.15) is 13.2 Å². The summed E-state index contributed by atoms with van der Waals surface area (Å²) in [7, 11) is 0. The highest BCUT2D eigenvalue weighted by Crippen LogP contribution is 2.28. The Labute approximate surface area is 79.5 Å². The first kappa shape index (κ1) is 15.0. The van der Waals surface area contributed by atoms with Crippen LogP contribution in [-0.2, 0) is 4.79 Å². The summed E-state index contributed by atoms with van der Waals surface area (Å²) in [6.45, 7) is 0.906. The van der Waals surface area contributed by atoms with Crippen molar-refractivity contribution in [3.8, 4) is 0 Å². The molecule has 0 fully saturated rings. The maximum atomic E-state index is 11.8. The van der Waals surface area contributed by atoms with E-state index in [-0.39, 0.29) is 12.4 Å². The molecule has 0 amide bonds. The van der Waals surface area contributed by atoms with E-state index in [4.69, 9.17) is 10.8 Å². The Morgan fingerprint density at radius 3 is 2.15 bits per heavy atom. The molecule has 0 saturated heterocycles. The third kappa shape index (κ3) is 5.70. The minimum atomic E-state index is -4.37. The second-order valence-corrected chi connectivity index (χ2v) is 2.62. The van der Waals surface area contributed by atoms with Gasteiger partial charge in [-0.05, 0) is 6.42 Å². The van der Waals surface area contributed by atoms with Gasteiger partial charge < -0.3 is 10.8 Å². The Balaban J connectivity index is 0. The van der Waals surface area contributed by atoms with E-state index in [9.17, 15) is 18.0 Å². The van der Waals surface area contributed by atoms with Crippen LogP contribution in [0.25, 0.3) is 0 Å². The van der Waals surface area contributed by atoms with Crippen LogP contribution in [0.1, 0.15) is 13.3 Å². The van der Waals surface area contributed by atoms with E-state index in [0.29, 0.717) is 0 Å². The summed E-state index contributed by atoms with van der Waals surface area (Å²) in [6.07, 6.45) is -4.95. The number of carboxylic acids is 1. The van der Waals surface area contributed by atoms with Gasteiger partial charge in [0.25, 0.3) is 0 Å². The van der Waals surface area contributed by atoms with Crippen LogP contribution in [0.5, 0.6) is 0 Å². The minimum absolute atomic E-state index is 0. The second-order valence-electron chi connectivity index (χ2n) is 2.62. The van der Waals surface area contributed by atoms with Crippen LogP contribution in [0.4, 0.5) is 13.2 Å². The van der Waals surface area contributed by atoms with Crippen molar-refractivity contribution in [3.63, 3.8) is 0 Å². The normalized spacial score (nSPS) is 15.8. The van der Waals surface area contributed by atoms with E-state index < -0.39 is 30.5 Å². The van der Waals surface area contributed by atoms with Crippen molar-refractivity contribution < 1.29 is 23.1 Å². The van der Waals surface area contributed by atoms with Crippen molar-refractivity contribution in [1.82, 2.24) is 0 Å². The molecule has 0 saturated carbocycles. The summed E-state index contributed by atoms with van der Waals surface area (Å²) in [5, 5.41) is 8.20. The molecule has 13 heavy (non-hydrogen) atoms. The van der Waals surface area contributed by atoms with Crippen LogP contribution in [0, 0.1) is 5.92 Å². The summed E-state index contributed by atoms with van der Waals surface area (Å²) in [4.78, 5) is 10.1. The number of hydrogen-bond donors (Lipinski definition) is 2. The van der Waals surface area contributed by atoms with Gasteiger partial charge in [0.2, 0.25) is 0 Å². The molecule has 0 aliphatic rings. The molecule has 0 unspecified atom stereocenters. The molecular weight excluding hydrogens is 211 g/mol. The fourth-order valence-corrected chi connectivity index (χ4v) is 0.615. The zero-order chi connectivity index (χ0) is 9.94. The standard InChI is InChI=1S/C6H10F3NO2.ClH/c1-3(6(7,8)9)2-4(10)5(11)12;/h3-4H,2,10H2,1H3,(H,11,12);1H/t3-,4+;/m1./s1. The number of hydrogen-bond acceptors (Lipinski definition) is 2. The maximum Gasteiger partial charge on any atom is 0.391 e. The lowest BCUT2D eigenvalue weighted by molar-refractivity contribution is -0.173. The number of carboxylic acid groups (broad SMARTS) is 1. The Morgan fingerprint density at radius 2 is 1.92 bits per heavy atom. The predicted octanol–water partition coefficient (Wildman–Crippen LogP) is 1.41. The minimum Gasteiger partial charge on any atom is -0.480 e. The molecule has 0 bridgehead atoms. The molecule has 0 aromatic heterocycles. The lowest BCUT2D eigenvalue weighted by Gasteiger charge is -2.16.